The number of aromatic nitrogens is 4. The average Bonchev–Trinajstić information content (AvgIpc) is 3.72. The van der Waals surface area contributed by atoms with E-state index in [4.69, 9.17) is 15.0 Å². The first-order valence-electron chi connectivity index (χ1n) is 15.8. The largest absolute Gasteiger partial charge is 0.333 e. The Bertz CT molecular complexity index is 2640. The van der Waals surface area contributed by atoms with Crippen LogP contribution in [-0.4, -0.2) is 24.4 Å². The second kappa shape index (κ2) is 11.6. The number of fused-ring (bicyclic) bond motifs is 4. The van der Waals surface area contributed by atoms with Gasteiger partial charge in [-0.15, -0.1) is 0 Å². The van der Waals surface area contributed by atoms with Crippen molar-refractivity contribution in [3.8, 4) is 51.0 Å². The van der Waals surface area contributed by atoms with E-state index in [0.29, 0.717) is 23.0 Å². The molecule has 0 N–H and O–H groups in total. The van der Waals surface area contributed by atoms with Crippen LogP contribution >= 0.6 is 11.3 Å². The molecule has 0 saturated heterocycles. The van der Waals surface area contributed by atoms with Crippen molar-refractivity contribution >= 4 is 48.2 Å². The van der Waals surface area contributed by atoms with Crippen molar-refractivity contribution in [3.05, 3.63) is 162 Å². The van der Waals surface area contributed by atoms with Gasteiger partial charge in [0.15, 0.2) is 17.5 Å². The first-order chi connectivity index (χ1) is 24.1. The summed E-state index contributed by atoms with van der Waals surface area (Å²) in [6.07, 6.45) is 0. The lowest BCUT2D eigenvalue weighted by Gasteiger charge is -2.11. The van der Waals surface area contributed by atoms with Gasteiger partial charge in [0.25, 0.3) is 0 Å². The number of benzene rings is 6. The highest BCUT2D eigenvalue weighted by Gasteiger charge is 2.24. The molecule has 3 heterocycles. The Labute approximate surface area is 284 Å². The molecule has 0 radical (unpaired) electrons. The van der Waals surface area contributed by atoms with Crippen LogP contribution < -0.4 is 0 Å². The van der Waals surface area contributed by atoms with Crippen molar-refractivity contribution in [2.75, 3.05) is 0 Å². The molecule has 0 bridgehead atoms. The van der Waals surface area contributed by atoms with E-state index in [-0.39, 0.29) is 9.92 Å². The Morgan fingerprint density at radius 2 is 1.08 bits per heavy atom. The molecule has 0 aliphatic carbocycles. The van der Waals surface area contributed by atoms with Gasteiger partial charge in [0.05, 0.1) is 21.5 Å². The molecule has 232 valence electrons. The number of hydrogen-bond acceptors (Lipinski definition) is 6. The van der Waals surface area contributed by atoms with Crippen molar-refractivity contribution in [2.45, 2.75) is 0 Å². The van der Waals surface area contributed by atoms with Gasteiger partial charge in [-0.25, -0.2) is 15.0 Å². The molecule has 0 amide bonds. The van der Waals surface area contributed by atoms with E-state index in [1.54, 1.807) is 0 Å². The Morgan fingerprint density at radius 1 is 0.510 bits per heavy atom. The Hall–Kier alpha value is -6.51. The van der Waals surface area contributed by atoms with E-state index >= 15 is 0 Å². The van der Waals surface area contributed by atoms with E-state index in [2.05, 4.69) is 41.0 Å². The smallest absolute Gasteiger partial charge is 0.309 e. The molecule has 0 atom stereocenters. The summed E-state index contributed by atoms with van der Waals surface area (Å²) in [6, 6.07) is 50.3. The van der Waals surface area contributed by atoms with Crippen molar-refractivity contribution < 1.29 is 4.92 Å². The minimum Gasteiger partial charge on any atom is -0.309 e. The minimum absolute atomic E-state index is 0.152. The molecule has 9 aromatic rings. The molecule has 8 heteroatoms. The van der Waals surface area contributed by atoms with Gasteiger partial charge < -0.3 is 4.57 Å². The summed E-state index contributed by atoms with van der Waals surface area (Å²) in [7, 11) is 0. The predicted octanol–water partition coefficient (Wildman–Crippen LogP) is 10.8. The van der Waals surface area contributed by atoms with Gasteiger partial charge in [0, 0.05) is 43.2 Å². The van der Waals surface area contributed by atoms with E-state index in [1.165, 1.54) is 11.3 Å². The SMILES string of the molecule is O=[N+]([O-])c1sc2ccccc2c1-c1ccc2c(c1)c1ccccc1n2-c1cccc(-c2nc(-c3ccccc3)nc(-c3ccccc3)n2)c1. The van der Waals surface area contributed by atoms with Gasteiger partial charge >= 0.3 is 5.00 Å². The standard InChI is InChI=1S/C41H25N5O2S/c47-46(48)41-37(32-19-8-10-21-36(32)49-41)28-22-23-35-33(25-28)31-18-7-9-20-34(31)45(35)30-17-11-16-29(24-30)40-43-38(26-12-3-1-4-13-26)42-39(44-40)27-14-5-2-6-15-27/h1-25H. The molecule has 0 spiro atoms. The van der Waals surface area contributed by atoms with Gasteiger partial charge in [-0.2, -0.15) is 0 Å². The molecule has 49 heavy (non-hydrogen) atoms. The van der Waals surface area contributed by atoms with E-state index in [1.807, 2.05) is 115 Å². The topological polar surface area (TPSA) is 86.7 Å². The second-order valence-corrected chi connectivity index (χ2v) is 12.7. The Balaban J connectivity index is 1.22. The first-order valence-corrected chi connectivity index (χ1v) is 16.6. The highest BCUT2D eigenvalue weighted by Crippen LogP contribution is 2.45. The second-order valence-electron chi connectivity index (χ2n) is 11.7. The third kappa shape index (κ3) is 4.94. The summed E-state index contributed by atoms with van der Waals surface area (Å²) in [6.45, 7) is 0. The van der Waals surface area contributed by atoms with Crippen LogP contribution in [-0.2, 0) is 0 Å². The molecular weight excluding hydrogens is 627 g/mol. The highest BCUT2D eigenvalue weighted by atomic mass is 32.1. The molecule has 7 nitrogen and oxygen atoms in total. The lowest BCUT2D eigenvalue weighted by atomic mass is 10.0. The minimum atomic E-state index is -0.271. The van der Waals surface area contributed by atoms with Crippen LogP contribution in [0.2, 0.25) is 0 Å². The van der Waals surface area contributed by atoms with Crippen LogP contribution in [0, 0.1) is 10.1 Å². The Kier molecular flexibility index (Phi) is 6.81. The fraction of sp³-hybridized carbons (Fsp3) is 0. The molecule has 0 unspecified atom stereocenters. The maximum Gasteiger partial charge on any atom is 0.333 e. The highest BCUT2D eigenvalue weighted by molar-refractivity contribution is 7.22. The number of rotatable bonds is 6. The molecule has 0 fully saturated rings. The molecule has 9 rings (SSSR count). The summed E-state index contributed by atoms with van der Waals surface area (Å²) < 4.78 is 3.13. The molecular formula is C41H25N5O2S. The van der Waals surface area contributed by atoms with Gasteiger partial charge in [0.1, 0.15) is 0 Å². The summed E-state index contributed by atoms with van der Waals surface area (Å²) in [5.74, 6) is 1.79. The number of thiophene rings is 1. The summed E-state index contributed by atoms with van der Waals surface area (Å²) in [5, 5.41) is 15.3. The van der Waals surface area contributed by atoms with Crippen LogP contribution in [0.4, 0.5) is 5.00 Å². The van der Waals surface area contributed by atoms with Gasteiger partial charge in [-0.1, -0.05) is 127 Å². The number of nitro groups is 1. The lowest BCUT2D eigenvalue weighted by Crippen LogP contribution is -2.01. The van der Waals surface area contributed by atoms with E-state index in [9.17, 15) is 10.1 Å². The summed E-state index contributed by atoms with van der Waals surface area (Å²) in [4.78, 5) is 26.7. The average molecular weight is 652 g/mol. The zero-order valence-corrected chi connectivity index (χ0v) is 26.7. The fourth-order valence-electron chi connectivity index (χ4n) is 6.57. The van der Waals surface area contributed by atoms with Crippen molar-refractivity contribution in [2.24, 2.45) is 0 Å². The lowest BCUT2D eigenvalue weighted by molar-refractivity contribution is -0.379. The number of hydrogen-bond donors (Lipinski definition) is 0. The zero-order valence-electron chi connectivity index (χ0n) is 25.9. The van der Waals surface area contributed by atoms with Gasteiger partial charge in [0.2, 0.25) is 0 Å². The number of para-hydroxylation sites is 1. The predicted molar refractivity (Wildman–Crippen MR) is 198 cm³/mol. The van der Waals surface area contributed by atoms with E-state index in [0.717, 1.165) is 59.8 Å². The Morgan fingerprint density at radius 3 is 1.78 bits per heavy atom. The maximum absolute atomic E-state index is 12.2. The maximum atomic E-state index is 12.2. The molecule has 0 saturated carbocycles. The third-order valence-corrected chi connectivity index (χ3v) is 9.89. The van der Waals surface area contributed by atoms with Gasteiger partial charge in [-0.05, 0) is 42.0 Å². The molecule has 0 aliphatic heterocycles. The van der Waals surface area contributed by atoms with Crippen LogP contribution in [0.25, 0.3) is 82.9 Å². The summed E-state index contributed by atoms with van der Waals surface area (Å²) in [5.41, 5.74) is 7.14. The summed E-state index contributed by atoms with van der Waals surface area (Å²) >= 11 is 1.22. The zero-order chi connectivity index (χ0) is 32.9. The van der Waals surface area contributed by atoms with Crippen LogP contribution in [0.3, 0.4) is 0 Å². The van der Waals surface area contributed by atoms with Crippen molar-refractivity contribution in [3.63, 3.8) is 0 Å². The quantitative estimate of drug-likeness (QED) is 0.132. The van der Waals surface area contributed by atoms with Crippen molar-refractivity contribution in [1.29, 1.82) is 0 Å². The third-order valence-electron chi connectivity index (χ3n) is 8.77. The molecule has 6 aromatic carbocycles. The van der Waals surface area contributed by atoms with Crippen LogP contribution in [0.1, 0.15) is 0 Å². The molecule has 3 aromatic heterocycles. The van der Waals surface area contributed by atoms with E-state index < -0.39 is 0 Å². The molecule has 0 aliphatic rings. The monoisotopic (exact) mass is 651 g/mol. The first kappa shape index (κ1) is 28.7. The fourth-order valence-corrected chi connectivity index (χ4v) is 7.61. The van der Waals surface area contributed by atoms with Crippen molar-refractivity contribution in [1.82, 2.24) is 19.5 Å². The van der Waals surface area contributed by atoms with Gasteiger partial charge in [-0.3, -0.25) is 10.1 Å². The normalized spacial score (nSPS) is 11.4. The van der Waals surface area contributed by atoms with Crippen LogP contribution in [0.5, 0.6) is 0 Å². The van der Waals surface area contributed by atoms with Crippen LogP contribution in [0.15, 0.2) is 152 Å². The number of nitrogens with zero attached hydrogens (tertiary/aromatic N) is 5.